The Morgan fingerprint density at radius 3 is 2.67 bits per heavy atom. The molecule has 1 aromatic carbocycles. The highest BCUT2D eigenvalue weighted by Gasteiger charge is 2.27. The Labute approximate surface area is 127 Å². The van der Waals surface area contributed by atoms with Gasteiger partial charge in [-0.3, -0.25) is 9.69 Å². The van der Waals surface area contributed by atoms with E-state index in [2.05, 4.69) is 29.4 Å². The molecule has 1 aliphatic rings. The lowest BCUT2D eigenvalue weighted by Gasteiger charge is -2.20. The predicted octanol–water partition coefficient (Wildman–Crippen LogP) is 2.64. The Balaban J connectivity index is 1.85. The minimum Gasteiger partial charge on any atom is -0.385 e. The highest BCUT2D eigenvalue weighted by atomic mass is 16.1. The molecule has 1 fully saturated rings. The van der Waals surface area contributed by atoms with E-state index in [1.807, 2.05) is 25.1 Å². The van der Waals surface area contributed by atoms with Crippen LogP contribution in [0.25, 0.3) is 0 Å². The first kappa shape index (κ1) is 15.8. The summed E-state index contributed by atoms with van der Waals surface area (Å²) in [6, 6.07) is 6.66. The maximum atomic E-state index is 12.2. The highest BCUT2D eigenvalue weighted by Crippen LogP contribution is 2.25. The van der Waals surface area contributed by atoms with Crippen LogP contribution in [0.2, 0.25) is 0 Å². The summed E-state index contributed by atoms with van der Waals surface area (Å²) in [5.74, 6) is 0.0300. The van der Waals surface area contributed by atoms with Gasteiger partial charge in [0.15, 0.2) is 0 Å². The smallest absolute Gasteiger partial charge is 0.251 e. The lowest BCUT2D eigenvalue weighted by atomic mass is 10.1. The van der Waals surface area contributed by atoms with Gasteiger partial charge in [0.25, 0.3) is 5.91 Å². The Hall–Kier alpha value is -1.55. The quantitative estimate of drug-likeness (QED) is 0.773. The van der Waals surface area contributed by atoms with Crippen molar-refractivity contribution in [2.24, 2.45) is 0 Å². The summed E-state index contributed by atoms with van der Waals surface area (Å²) < 4.78 is 0. The molecule has 0 atom stereocenters. The number of benzene rings is 1. The van der Waals surface area contributed by atoms with Gasteiger partial charge in [0.2, 0.25) is 0 Å². The van der Waals surface area contributed by atoms with Crippen LogP contribution in [0.15, 0.2) is 18.2 Å². The first-order chi connectivity index (χ1) is 10.2. The van der Waals surface area contributed by atoms with E-state index >= 15 is 0 Å². The first-order valence-corrected chi connectivity index (χ1v) is 8.02. The molecule has 1 aromatic rings. The molecular formula is C17H27N3O. The van der Waals surface area contributed by atoms with Crippen molar-refractivity contribution in [3.8, 4) is 0 Å². The standard InChI is InChI=1S/C17H27N3O/c1-4-18-14-6-9-16(13(3)12-14)17(21)19-10-11-20(5-2)15-7-8-15/h6,9,12,15,18H,4-5,7-8,10-11H2,1-3H3,(H,19,21). The van der Waals surface area contributed by atoms with Crippen LogP contribution in [0.4, 0.5) is 5.69 Å². The van der Waals surface area contributed by atoms with Gasteiger partial charge in [0, 0.05) is 36.9 Å². The van der Waals surface area contributed by atoms with Gasteiger partial charge in [0.05, 0.1) is 0 Å². The largest absolute Gasteiger partial charge is 0.385 e. The van der Waals surface area contributed by atoms with E-state index in [1.54, 1.807) is 0 Å². The Morgan fingerprint density at radius 1 is 1.33 bits per heavy atom. The van der Waals surface area contributed by atoms with Gasteiger partial charge in [-0.2, -0.15) is 0 Å². The third-order valence-corrected chi connectivity index (χ3v) is 4.01. The summed E-state index contributed by atoms with van der Waals surface area (Å²) in [4.78, 5) is 14.7. The molecule has 0 spiro atoms. The minimum absolute atomic E-state index is 0.0300. The molecule has 0 heterocycles. The van der Waals surface area contributed by atoms with Gasteiger partial charge >= 0.3 is 0 Å². The average Bonchev–Trinajstić information content (AvgIpc) is 3.28. The van der Waals surface area contributed by atoms with E-state index < -0.39 is 0 Å². The molecule has 0 aromatic heterocycles. The molecule has 0 saturated heterocycles. The van der Waals surface area contributed by atoms with Gasteiger partial charge in [-0.05, 0) is 57.0 Å². The molecule has 1 saturated carbocycles. The molecule has 0 bridgehead atoms. The number of rotatable bonds is 8. The number of aryl methyl sites for hydroxylation is 1. The summed E-state index contributed by atoms with van der Waals surface area (Å²) >= 11 is 0. The molecule has 21 heavy (non-hydrogen) atoms. The number of nitrogens with zero attached hydrogens (tertiary/aromatic N) is 1. The van der Waals surface area contributed by atoms with E-state index in [9.17, 15) is 4.79 Å². The second-order valence-corrected chi connectivity index (χ2v) is 5.68. The average molecular weight is 289 g/mol. The van der Waals surface area contributed by atoms with Gasteiger partial charge in [-0.25, -0.2) is 0 Å². The molecule has 1 aliphatic carbocycles. The molecule has 4 nitrogen and oxygen atoms in total. The van der Waals surface area contributed by atoms with Gasteiger partial charge in [-0.15, -0.1) is 0 Å². The third kappa shape index (κ3) is 4.46. The molecule has 116 valence electrons. The predicted molar refractivity (Wildman–Crippen MR) is 87.9 cm³/mol. The number of anilines is 1. The number of carbonyl (C=O) groups excluding carboxylic acids is 1. The van der Waals surface area contributed by atoms with E-state index in [0.717, 1.165) is 49.0 Å². The van der Waals surface area contributed by atoms with Crippen molar-refractivity contribution in [2.75, 3.05) is 31.5 Å². The zero-order valence-corrected chi connectivity index (χ0v) is 13.4. The van der Waals surface area contributed by atoms with E-state index in [-0.39, 0.29) is 5.91 Å². The zero-order chi connectivity index (χ0) is 15.2. The van der Waals surface area contributed by atoms with Crippen molar-refractivity contribution in [2.45, 2.75) is 39.7 Å². The Morgan fingerprint density at radius 2 is 2.10 bits per heavy atom. The number of hydrogen-bond donors (Lipinski definition) is 2. The maximum absolute atomic E-state index is 12.2. The van der Waals surface area contributed by atoms with Crippen LogP contribution in [-0.4, -0.2) is 43.0 Å². The molecular weight excluding hydrogens is 262 g/mol. The lowest BCUT2D eigenvalue weighted by molar-refractivity contribution is 0.0947. The summed E-state index contributed by atoms with van der Waals surface area (Å²) in [7, 11) is 0. The van der Waals surface area contributed by atoms with E-state index in [1.165, 1.54) is 12.8 Å². The zero-order valence-electron chi connectivity index (χ0n) is 13.4. The van der Waals surface area contributed by atoms with Crippen LogP contribution < -0.4 is 10.6 Å². The minimum atomic E-state index is 0.0300. The Kier molecular flexibility index (Phi) is 5.62. The highest BCUT2D eigenvalue weighted by molar-refractivity contribution is 5.96. The Bertz CT molecular complexity index is 483. The van der Waals surface area contributed by atoms with Gasteiger partial charge < -0.3 is 10.6 Å². The second kappa shape index (κ2) is 7.46. The van der Waals surface area contributed by atoms with Crippen LogP contribution in [0.1, 0.15) is 42.6 Å². The molecule has 0 aliphatic heterocycles. The number of nitrogens with one attached hydrogen (secondary N) is 2. The van der Waals surface area contributed by atoms with Crippen molar-refractivity contribution >= 4 is 11.6 Å². The van der Waals surface area contributed by atoms with Crippen LogP contribution in [-0.2, 0) is 0 Å². The molecule has 0 unspecified atom stereocenters. The number of hydrogen-bond acceptors (Lipinski definition) is 3. The fraction of sp³-hybridized carbons (Fsp3) is 0.588. The molecule has 4 heteroatoms. The van der Waals surface area contributed by atoms with Crippen molar-refractivity contribution in [3.05, 3.63) is 29.3 Å². The van der Waals surface area contributed by atoms with Gasteiger partial charge in [0.1, 0.15) is 0 Å². The van der Waals surface area contributed by atoms with Crippen molar-refractivity contribution in [1.82, 2.24) is 10.2 Å². The molecule has 2 N–H and O–H groups in total. The molecule has 1 amide bonds. The first-order valence-electron chi connectivity index (χ1n) is 8.02. The van der Waals surface area contributed by atoms with Crippen molar-refractivity contribution in [1.29, 1.82) is 0 Å². The van der Waals surface area contributed by atoms with Crippen LogP contribution in [0, 0.1) is 6.92 Å². The fourth-order valence-corrected chi connectivity index (χ4v) is 2.68. The summed E-state index contributed by atoms with van der Waals surface area (Å²) in [5.41, 5.74) is 2.85. The van der Waals surface area contributed by atoms with Crippen LogP contribution >= 0.6 is 0 Å². The summed E-state index contributed by atoms with van der Waals surface area (Å²) in [6.45, 7) is 9.85. The van der Waals surface area contributed by atoms with Gasteiger partial charge in [-0.1, -0.05) is 6.92 Å². The van der Waals surface area contributed by atoms with Crippen molar-refractivity contribution < 1.29 is 4.79 Å². The fourth-order valence-electron chi connectivity index (χ4n) is 2.68. The summed E-state index contributed by atoms with van der Waals surface area (Å²) in [5, 5.41) is 6.30. The normalized spacial score (nSPS) is 14.3. The van der Waals surface area contributed by atoms with E-state index in [4.69, 9.17) is 0 Å². The number of amides is 1. The van der Waals surface area contributed by atoms with E-state index in [0.29, 0.717) is 0 Å². The maximum Gasteiger partial charge on any atom is 0.251 e. The topological polar surface area (TPSA) is 44.4 Å². The van der Waals surface area contributed by atoms with Crippen molar-refractivity contribution in [3.63, 3.8) is 0 Å². The molecule has 2 rings (SSSR count). The second-order valence-electron chi connectivity index (χ2n) is 5.68. The number of carbonyl (C=O) groups is 1. The number of likely N-dealkylation sites (N-methyl/N-ethyl adjacent to an activating group) is 1. The SMILES string of the molecule is CCNc1ccc(C(=O)NCCN(CC)C2CC2)c(C)c1. The third-order valence-electron chi connectivity index (χ3n) is 4.01. The summed E-state index contributed by atoms with van der Waals surface area (Å²) in [6.07, 6.45) is 2.62. The van der Waals surface area contributed by atoms with Crippen LogP contribution in [0.5, 0.6) is 0 Å². The lowest BCUT2D eigenvalue weighted by Crippen LogP contribution is -2.36. The molecule has 0 radical (unpaired) electrons. The monoisotopic (exact) mass is 289 g/mol. The van der Waals surface area contributed by atoms with Crippen LogP contribution in [0.3, 0.4) is 0 Å².